The van der Waals surface area contributed by atoms with E-state index in [0.29, 0.717) is 0 Å². The van der Waals surface area contributed by atoms with Crippen molar-refractivity contribution in [1.82, 2.24) is 9.13 Å². The standard InChI is InChI=1S/C70H63BN4/c1-67(2)35-36-68(3,4)54-39-47(32-34-53(54)67)75-61-40-46(72(44-21-11-9-12-22-44)45-23-13-10-14-24-45)31-33-50(61)52-41-63(73-58-28-18-15-25-48(58)49-26-16-19-29-59(49)73)64-51-27-17-20-30-60(51)74-62-43-56-55(69(5,6)37-38-70(56,7)8)42-57(62)71(75)65(52)66(64)74/h9-34,39-43H,35-38H2,1-8H3. The fraction of sp³-hybridized carbons (Fsp3) is 0.229. The summed E-state index contributed by atoms with van der Waals surface area (Å²) in [5.41, 5.74) is 24.7. The van der Waals surface area contributed by atoms with E-state index in [4.69, 9.17) is 0 Å². The van der Waals surface area contributed by atoms with Gasteiger partial charge >= 0.3 is 6.85 Å². The number of anilines is 5. The van der Waals surface area contributed by atoms with Gasteiger partial charge in [0.2, 0.25) is 0 Å². The second-order valence-electron chi connectivity index (χ2n) is 25.0. The smallest absolute Gasteiger partial charge is 0.333 e. The van der Waals surface area contributed by atoms with E-state index >= 15 is 0 Å². The molecule has 0 atom stereocenters. The molecule has 2 aliphatic heterocycles. The molecule has 75 heavy (non-hydrogen) atoms. The van der Waals surface area contributed by atoms with Gasteiger partial charge in [-0.15, -0.1) is 0 Å². The number of hydrogen-bond acceptors (Lipinski definition) is 2. The van der Waals surface area contributed by atoms with Crippen molar-refractivity contribution in [3.05, 3.63) is 210 Å². The van der Waals surface area contributed by atoms with Crippen LogP contribution < -0.4 is 20.6 Å². The van der Waals surface area contributed by atoms with Crippen molar-refractivity contribution in [2.75, 3.05) is 9.71 Å². The van der Waals surface area contributed by atoms with E-state index in [1.807, 2.05) is 0 Å². The lowest BCUT2D eigenvalue weighted by atomic mass is 9.43. The zero-order valence-electron chi connectivity index (χ0n) is 44.6. The van der Waals surface area contributed by atoms with Gasteiger partial charge in [0, 0.05) is 61.2 Å². The number of rotatable bonds is 5. The molecule has 0 bridgehead atoms. The van der Waals surface area contributed by atoms with Crippen LogP contribution in [-0.4, -0.2) is 16.0 Å². The summed E-state index contributed by atoms with van der Waals surface area (Å²) in [5.74, 6) is 0. The number of aromatic nitrogens is 2. The van der Waals surface area contributed by atoms with Gasteiger partial charge in [0.15, 0.2) is 0 Å². The first-order valence-corrected chi connectivity index (χ1v) is 27.5. The molecule has 0 saturated heterocycles. The summed E-state index contributed by atoms with van der Waals surface area (Å²) in [6.07, 6.45) is 4.63. The van der Waals surface area contributed by atoms with Crippen LogP contribution >= 0.6 is 0 Å². The highest BCUT2D eigenvalue weighted by Gasteiger charge is 2.48. The maximum atomic E-state index is 2.79. The molecule has 0 N–H and O–H groups in total. The van der Waals surface area contributed by atoms with Crippen LogP contribution in [-0.2, 0) is 21.7 Å². The largest absolute Gasteiger partial charge is 0.376 e. The lowest BCUT2D eigenvalue weighted by Crippen LogP contribution is -2.61. The third-order valence-electron chi connectivity index (χ3n) is 18.8. The van der Waals surface area contributed by atoms with Gasteiger partial charge in [0.1, 0.15) is 0 Å². The van der Waals surface area contributed by atoms with Crippen LogP contribution in [0.4, 0.5) is 28.4 Å². The molecule has 4 nitrogen and oxygen atoms in total. The molecule has 0 amide bonds. The third kappa shape index (κ3) is 6.24. The molecular formula is C70H63BN4. The molecule has 2 aliphatic carbocycles. The molecule has 0 saturated carbocycles. The van der Waals surface area contributed by atoms with E-state index in [-0.39, 0.29) is 28.5 Å². The number of hydrogen-bond donors (Lipinski definition) is 0. The molecule has 0 fully saturated rings. The number of nitrogens with zero attached hydrogens (tertiary/aromatic N) is 4. The fourth-order valence-electron chi connectivity index (χ4n) is 14.6. The second kappa shape index (κ2) is 15.4. The van der Waals surface area contributed by atoms with Crippen molar-refractivity contribution in [3.8, 4) is 22.5 Å². The normalized spacial score (nSPS) is 17.2. The minimum atomic E-state index is -0.143. The monoisotopic (exact) mass is 971 g/mol. The quantitative estimate of drug-likeness (QED) is 0.160. The van der Waals surface area contributed by atoms with Crippen molar-refractivity contribution in [1.29, 1.82) is 0 Å². The average Bonchev–Trinajstić information content (AvgIpc) is 4.16. The van der Waals surface area contributed by atoms with Gasteiger partial charge in [0.05, 0.1) is 27.8 Å². The summed E-state index contributed by atoms with van der Waals surface area (Å²) in [4.78, 5) is 5.23. The van der Waals surface area contributed by atoms with Crippen molar-refractivity contribution in [3.63, 3.8) is 0 Å². The lowest BCUT2D eigenvalue weighted by molar-refractivity contribution is 0.332. The molecule has 5 heteroatoms. The van der Waals surface area contributed by atoms with Gasteiger partial charge in [-0.05, 0) is 165 Å². The van der Waals surface area contributed by atoms with E-state index in [1.54, 1.807) is 0 Å². The van der Waals surface area contributed by atoms with Crippen LogP contribution in [0.15, 0.2) is 188 Å². The van der Waals surface area contributed by atoms with Crippen molar-refractivity contribution in [2.24, 2.45) is 0 Å². The van der Waals surface area contributed by atoms with Crippen LogP contribution in [0.25, 0.3) is 66.1 Å². The molecule has 0 spiro atoms. The van der Waals surface area contributed by atoms with Crippen LogP contribution in [0, 0.1) is 0 Å². The van der Waals surface area contributed by atoms with Gasteiger partial charge in [-0.2, -0.15) is 0 Å². The van der Waals surface area contributed by atoms with Gasteiger partial charge < -0.3 is 18.8 Å². The first kappa shape index (κ1) is 44.7. The summed E-state index contributed by atoms with van der Waals surface area (Å²) in [7, 11) is 0. The minimum absolute atomic E-state index is 0.00925. The number of fused-ring (bicyclic) bond motifs is 13. The van der Waals surface area contributed by atoms with Crippen molar-refractivity contribution >= 4 is 89.8 Å². The van der Waals surface area contributed by atoms with Gasteiger partial charge in [-0.1, -0.05) is 165 Å². The van der Waals surface area contributed by atoms with E-state index in [0.717, 1.165) is 36.3 Å². The molecule has 2 aromatic heterocycles. The second-order valence-corrected chi connectivity index (χ2v) is 25.0. The SMILES string of the molecule is CC1(C)CCC(C)(C)c2cc(N3B4c5cc6c(cc5-n5c7ccccc7c7c(-n8c9ccccc9c9ccccc98)cc(c4c75)-c4ccc(N(c5ccccc5)c5ccccc5)cc43)C(C)(C)CCC6(C)C)ccc21. The molecule has 15 rings (SSSR count). The molecule has 4 aliphatic rings. The summed E-state index contributed by atoms with van der Waals surface area (Å²) in [6, 6.07) is 72.0. The first-order chi connectivity index (χ1) is 36.2. The summed E-state index contributed by atoms with van der Waals surface area (Å²) < 4.78 is 5.29. The Hall–Kier alpha value is -7.76. The third-order valence-corrected chi connectivity index (χ3v) is 18.8. The molecule has 11 aromatic rings. The van der Waals surface area contributed by atoms with Crippen LogP contribution in [0.2, 0.25) is 0 Å². The molecule has 0 radical (unpaired) electrons. The predicted molar refractivity (Wildman–Crippen MR) is 319 cm³/mol. The Morgan fingerprint density at radius 1 is 0.387 bits per heavy atom. The van der Waals surface area contributed by atoms with Gasteiger partial charge in [0.25, 0.3) is 0 Å². The lowest BCUT2D eigenvalue weighted by Gasteiger charge is -2.47. The Kier molecular flexibility index (Phi) is 9.19. The molecule has 9 aromatic carbocycles. The van der Waals surface area contributed by atoms with E-state index in [2.05, 4.69) is 262 Å². The zero-order chi connectivity index (χ0) is 50.9. The van der Waals surface area contributed by atoms with Crippen molar-refractivity contribution < 1.29 is 0 Å². The van der Waals surface area contributed by atoms with E-state index < -0.39 is 0 Å². The zero-order valence-corrected chi connectivity index (χ0v) is 44.6. The fourth-order valence-corrected chi connectivity index (χ4v) is 14.6. The number of benzene rings is 9. The summed E-state index contributed by atoms with van der Waals surface area (Å²) >= 11 is 0. The maximum Gasteiger partial charge on any atom is 0.333 e. The highest BCUT2D eigenvalue weighted by molar-refractivity contribution is 6.93. The Bertz CT molecular complexity index is 4110. The summed E-state index contributed by atoms with van der Waals surface area (Å²) in [6.45, 7) is 19.7. The van der Waals surface area contributed by atoms with Gasteiger partial charge in [-0.25, -0.2) is 0 Å². The highest BCUT2D eigenvalue weighted by Crippen LogP contribution is 2.54. The molecular weight excluding hydrogens is 908 g/mol. The average molecular weight is 971 g/mol. The predicted octanol–water partition coefficient (Wildman–Crippen LogP) is 17.3. The molecule has 0 unspecified atom stereocenters. The van der Waals surface area contributed by atoms with Crippen LogP contribution in [0.5, 0.6) is 0 Å². The molecule has 4 heterocycles. The summed E-state index contributed by atoms with van der Waals surface area (Å²) in [5, 5.41) is 5.12. The van der Waals surface area contributed by atoms with Crippen LogP contribution in [0.1, 0.15) is 103 Å². The highest BCUT2D eigenvalue weighted by atomic mass is 15.2. The Morgan fingerprint density at radius 2 is 0.893 bits per heavy atom. The molecule has 366 valence electrons. The minimum Gasteiger partial charge on any atom is -0.376 e. The van der Waals surface area contributed by atoms with Gasteiger partial charge in [-0.3, -0.25) is 0 Å². The first-order valence-electron chi connectivity index (χ1n) is 27.5. The Balaban J connectivity index is 1.13. The van der Waals surface area contributed by atoms with Crippen LogP contribution in [0.3, 0.4) is 0 Å². The van der Waals surface area contributed by atoms with Crippen molar-refractivity contribution in [2.45, 2.75) is 103 Å². The maximum absolute atomic E-state index is 2.79. The number of para-hydroxylation sites is 5. The van der Waals surface area contributed by atoms with E-state index in [1.165, 1.54) is 117 Å². The Labute approximate surface area is 442 Å². The topological polar surface area (TPSA) is 16.3 Å². The van der Waals surface area contributed by atoms with E-state index in [9.17, 15) is 0 Å². The Morgan fingerprint density at radius 3 is 1.49 bits per heavy atom.